The van der Waals surface area contributed by atoms with Gasteiger partial charge in [-0.1, -0.05) is 42.5 Å². The smallest absolute Gasteiger partial charge is 0.122 e. The van der Waals surface area contributed by atoms with Crippen LogP contribution in [0.3, 0.4) is 0 Å². The van der Waals surface area contributed by atoms with Crippen LogP contribution in [0.1, 0.15) is 41.5 Å². The summed E-state index contributed by atoms with van der Waals surface area (Å²) in [5, 5.41) is 3.66. The quantitative estimate of drug-likeness (QED) is 0.892. The maximum Gasteiger partial charge on any atom is 0.122 e. The standard InChI is InChI=1S/C18H19NO/c1-2-6-15-14(5-1)12-19-17(15)11-13-9-10-20-18-8-4-3-7-16(13)18/h1-8,13,17,19H,9-12H2. The van der Waals surface area contributed by atoms with E-state index in [-0.39, 0.29) is 0 Å². The summed E-state index contributed by atoms with van der Waals surface area (Å²) in [5.74, 6) is 1.68. The second-order valence-electron chi connectivity index (χ2n) is 5.74. The van der Waals surface area contributed by atoms with Crippen LogP contribution >= 0.6 is 0 Å². The number of hydrogen-bond donors (Lipinski definition) is 1. The Hall–Kier alpha value is -1.80. The molecular weight excluding hydrogens is 246 g/mol. The molecule has 0 fully saturated rings. The Kier molecular flexibility index (Phi) is 2.96. The Bertz CT molecular complexity index is 622. The van der Waals surface area contributed by atoms with Crippen molar-refractivity contribution in [3.05, 3.63) is 65.2 Å². The lowest BCUT2D eigenvalue weighted by Gasteiger charge is -2.28. The van der Waals surface area contributed by atoms with Gasteiger partial charge in [0.1, 0.15) is 5.75 Å². The average Bonchev–Trinajstić information content (AvgIpc) is 2.91. The zero-order chi connectivity index (χ0) is 13.4. The summed E-state index contributed by atoms with van der Waals surface area (Å²) in [6.45, 7) is 1.85. The molecular formula is C18H19NO. The number of rotatable bonds is 2. The van der Waals surface area contributed by atoms with Gasteiger partial charge in [0.15, 0.2) is 0 Å². The minimum atomic E-state index is 0.488. The fourth-order valence-corrected chi connectivity index (χ4v) is 3.53. The van der Waals surface area contributed by atoms with E-state index in [0.29, 0.717) is 12.0 Å². The average molecular weight is 265 g/mol. The number of fused-ring (bicyclic) bond motifs is 2. The molecule has 0 spiro atoms. The van der Waals surface area contributed by atoms with Crippen LogP contribution in [-0.4, -0.2) is 6.61 Å². The maximum absolute atomic E-state index is 5.77. The summed E-state index contributed by atoms with van der Waals surface area (Å²) in [6, 6.07) is 17.8. The van der Waals surface area contributed by atoms with Gasteiger partial charge in [0.05, 0.1) is 6.61 Å². The van der Waals surface area contributed by atoms with Gasteiger partial charge in [0, 0.05) is 12.6 Å². The zero-order valence-corrected chi connectivity index (χ0v) is 11.5. The molecule has 2 aliphatic rings. The summed E-state index contributed by atoms with van der Waals surface area (Å²) >= 11 is 0. The lowest BCUT2D eigenvalue weighted by Crippen LogP contribution is -2.20. The Morgan fingerprint density at radius 2 is 1.80 bits per heavy atom. The first-order valence-corrected chi connectivity index (χ1v) is 7.45. The lowest BCUT2D eigenvalue weighted by atomic mass is 9.86. The Morgan fingerprint density at radius 1 is 1.00 bits per heavy atom. The molecule has 2 nitrogen and oxygen atoms in total. The summed E-state index contributed by atoms with van der Waals surface area (Å²) in [4.78, 5) is 0. The Morgan fingerprint density at radius 3 is 2.75 bits per heavy atom. The van der Waals surface area contributed by atoms with Crippen LogP contribution in [0.4, 0.5) is 0 Å². The summed E-state index contributed by atoms with van der Waals surface area (Å²) in [6.07, 6.45) is 2.29. The van der Waals surface area contributed by atoms with Gasteiger partial charge in [-0.05, 0) is 41.5 Å². The monoisotopic (exact) mass is 265 g/mol. The van der Waals surface area contributed by atoms with E-state index in [9.17, 15) is 0 Å². The van der Waals surface area contributed by atoms with Crippen molar-refractivity contribution in [1.29, 1.82) is 0 Å². The molecule has 2 heterocycles. The summed E-state index contributed by atoms with van der Waals surface area (Å²) in [5.41, 5.74) is 4.32. The number of para-hydroxylation sites is 1. The highest BCUT2D eigenvalue weighted by Crippen LogP contribution is 2.40. The van der Waals surface area contributed by atoms with Crippen LogP contribution in [0, 0.1) is 0 Å². The molecule has 2 unspecified atom stereocenters. The highest BCUT2D eigenvalue weighted by molar-refractivity contribution is 5.39. The molecule has 0 aliphatic carbocycles. The number of benzene rings is 2. The van der Waals surface area contributed by atoms with E-state index in [2.05, 4.69) is 53.8 Å². The molecule has 0 aromatic heterocycles. The molecule has 102 valence electrons. The van der Waals surface area contributed by atoms with Gasteiger partial charge < -0.3 is 10.1 Å². The van der Waals surface area contributed by atoms with Crippen molar-refractivity contribution in [2.24, 2.45) is 0 Å². The second-order valence-corrected chi connectivity index (χ2v) is 5.74. The fraction of sp³-hybridized carbons (Fsp3) is 0.333. The fourth-order valence-electron chi connectivity index (χ4n) is 3.53. The molecule has 0 radical (unpaired) electrons. The molecule has 2 heteroatoms. The first kappa shape index (κ1) is 12.0. The van der Waals surface area contributed by atoms with Gasteiger partial charge in [-0.3, -0.25) is 0 Å². The van der Waals surface area contributed by atoms with Crippen LogP contribution in [0.25, 0.3) is 0 Å². The van der Waals surface area contributed by atoms with E-state index < -0.39 is 0 Å². The van der Waals surface area contributed by atoms with Gasteiger partial charge in [0.2, 0.25) is 0 Å². The third kappa shape index (κ3) is 2.01. The highest BCUT2D eigenvalue weighted by atomic mass is 16.5. The minimum Gasteiger partial charge on any atom is -0.493 e. The number of hydrogen-bond acceptors (Lipinski definition) is 2. The molecule has 0 amide bonds. The third-order valence-electron chi connectivity index (χ3n) is 4.57. The van der Waals surface area contributed by atoms with Gasteiger partial charge in [-0.25, -0.2) is 0 Å². The SMILES string of the molecule is c1ccc2c(c1)CNC2CC1CCOc2ccccc21. The van der Waals surface area contributed by atoms with Crippen molar-refractivity contribution < 1.29 is 4.74 Å². The van der Waals surface area contributed by atoms with Crippen molar-refractivity contribution >= 4 is 0 Å². The highest BCUT2D eigenvalue weighted by Gasteiger charge is 2.28. The van der Waals surface area contributed by atoms with Crippen LogP contribution in [0.2, 0.25) is 0 Å². The Labute approximate surface area is 119 Å². The zero-order valence-electron chi connectivity index (χ0n) is 11.5. The molecule has 2 aromatic carbocycles. The largest absolute Gasteiger partial charge is 0.493 e. The van der Waals surface area contributed by atoms with Crippen LogP contribution in [0.5, 0.6) is 5.75 Å². The minimum absolute atomic E-state index is 0.488. The molecule has 2 aliphatic heterocycles. The van der Waals surface area contributed by atoms with Gasteiger partial charge in [-0.2, -0.15) is 0 Å². The molecule has 0 saturated carbocycles. The first-order valence-electron chi connectivity index (χ1n) is 7.45. The van der Waals surface area contributed by atoms with Crippen LogP contribution in [0.15, 0.2) is 48.5 Å². The molecule has 0 bridgehead atoms. The maximum atomic E-state index is 5.77. The topological polar surface area (TPSA) is 21.3 Å². The van der Waals surface area contributed by atoms with E-state index in [4.69, 9.17) is 4.74 Å². The molecule has 20 heavy (non-hydrogen) atoms. The number of ether oxygens (including phenoxy) is 1. The predicted molar refractivity (Wildman–Crippen MR) is 79.9 cm³/mol. The molecule has 2 atom stereocenters. The predicted octanol–water partition coefficient (Wildman–Crippen LogP) is 3.79. The van der Waals surface area contributed by atoms with Crippen molar-refractivity contribution in [2.45, 2.75) is 31.3 Å². The van der Waals surface area contributed by atoms with Gasteiger partial charge in [-0.15, -0.1) is 0 Å². The van der Waals surface area contributed by atoms with E-state index >= 15 is 0 Å². The van der Waals surface area contributed by atoms with Crippen molar-refractivity contribution in [1.82, 2.24) is 5.32 Å². The van der Waals surface area contributed by atoms with E-state index in [1.165, 1.54) is 16.7 Å². The van der Waals surface area contributed by atoms with E-state index in [1.807, 2.05) is 0 Å². The van der Waals surface area contributed by atoms with Crippen LogP contribution in [-0.2, 0) is 6.54 Å². The summed E-state index contributed by atoms with van der Waals surface area (Å²) in [7, 11) is 0. The number of nitrogens with one attached hydrogen (secondary N) is 1. The van der Waals surface area contributed by atoms with E-state index in [0.717, 1.165) is 31.7 Å². The summed E-state index contributed by atoms with van der Waals surface area (Å²) < 4.78 is 5.77. The Balaban J connectivity index is 1.59. The second kappa shape index (κ2) is 4.95. The van der Waals surface area contributed by atoms with Crippen molar-refractivity contribution in [3.63, 3.8) is 0 Å². The van der Waals surface area contributed by atoms with Crippen molar-refractivity contribution in [3.8, 4) is 5.75 Å². The van der Waals surface area contributed by atoms with Crippen LogP contribution < -0.4 is 10.1 Å². The van der Waals surface area contributed by atoms with Crippen molar-refractivity contribution in [2.75, 3.05) is 6.61 Å². The van der Waals surface area contributed by atoms with E-state index in [1.54, 1.807) is 0 Å². The van der Waals surface area contributed by atoms with Gasteiger partial charge >= 0.3 is 0 Å². The molecule has 4 rings (SSSR count). The molecule has 0 saturated heterocycles. The first-order chi connectivity index (χ1) is 9.92. The van der Waals surface area contributed by atoms with Gasteiger partial charge in [0.25, 0.3) is 0 Å². The molecule has 2 aromatic rings. The normalized spacial score (nSPS) is 23.8. The third-order valence-corrected chi connectivity index (χ3v) is 4.57. The molecule has 1 N–H and O–H groups in total. The lowest BCUT2D eigenvalue weighted by molar-refractivity contribution is 0.256.